The molecule has 1 rings (SSSR count). The molecule has 0 spiro atoms. The summed E-state index contributed by atoms with van der Waals surface area (Å²) in [6.45, 7) is 4.88. The van der Waals surface area contributed by atoms with E-state index in [1.807, 2.05) is 0 Å². The van der Waals surface area contributed by atoms with E-state index >= 15 is 0 Å². The molecule has 0 saturated heterocycles. The molecule has 3 atom stereocenters. The molecule has 3 unspecified atom stereocenters. The van der Waals surface area contributed by atoms with E-state index in [2.05, 4.69) is 13.8 Å². The van der Waals surface area contributed by atoms with Crippen LogP contribution in [0.15, 0.2) is 0 Å². The van der Waals surface area contributed by atoms with Crippen LogP contribution in [0.5, 0.6) is 0 Å². The van der Waals surface area contributed by atoms with E-state index in [0.717, 1.165) is 32.2 Å². The maximum atomic E-state index is 12.3. The zero-order valence-electron chi connectivity index (χ0n) is 11.7. The van der Waals surface area contributed by atoms with Gasteiger partial charge in [0.15, 0.2) is 0 Å². The van der Waals surface area contributed by atoms with E-state index in [4.69, 9.17) is 0 Å². The Kier molecular flexibility index (Phi) is 5.63. The highest BCUT2D eigenvalue weighted by atomic mass is 16.4. The number of carboxylic acids is 1. The van der Waals surface area contributed by atoms with Crippen molar-refractivity contribution in [3.05, 3.63) is 0 Å². The van der Waals surface area contributed by atoms with Gasteiger partial charge in [0, 0.05) is 13.6 Å². The van der Waals surface area contributed by atoms with Gasteiger partial charge >= 0.3 is 5.97 Å². The van der Waals surface area contributed by atoms with Crippen LogP contribution in [0.1, 0.15) is 46.0 Å². The summed E-state index contributed by atoms with van der Waals surface area (Å²) in [7, 11) is 1.79. The largest absolute Gasteiger partial charge is 0.481 e. The molecule has 1 fully saturated rings. The van der Waals surface area contributed by atoms with Gasteiger partial charge in [0.25, 0.3) is 0 Å². The molecule has 0 bridgehead atoms. The molecule has 4 nitrogen and oxygen atoms in total. The third kappa shape index (κ3) is 3.47. The van der Waals surface area contributed by atoms with Crippen LogP contribution in [-0.2, 0) is 9.59 Å². The maximum Gasteiger partial charge on any atom is 0.307 e. The first kappa shape index (κ1) is 15.0. The minimum atomic E-state index is -0.812. The monoisotopic (exact) mass is 255 g/mol. The number of aliphatic carboxylic acids is 1. The first-order valence-electron chi connectivity index (χ1n) is 6.99. The number of hydrogen-bond acceptors (Lipinski definition) is 2. The number of carboxylic acid groups (broad SMARTS) is 1. The molecule has 0 heterocycles. The molecular weight excluding hydrogens is 230 g/mol. The molecule has 1 amide bonds. The second kappa shape index (κ2) is 6.76. The van der Waals surface area contributed by atoms with Crippen molar-refractivity contribution < 1.29 is 14.7 Å². The van der Waals surface area contributed by atoms with Crippen molar-refractivity contribution in [3.63, 3.8) is 0 Å². The number of amides is 1. The molecule has 0 aliphatic heterocycles. The summed E-state index contributed by atoms with van der Waals surface area (Å²) < 4.78 is 0. The molecule has 1 saturated carbocycles. The van der Waals surface area contributed by atoms with Crippen LogP contribution in [0.3, 0.4) is 0 Å². The van der Waals surface area contributed by atoms with Crippen molar-refractivity contribution >= 4 is 11.9 Å². The lowest BCUT2D eigenvalue weighted by atomic mass is 9.95. The Morgan fingerprint density at radius 1 is 1.22 bits per heavy atom. The molecule has 0 aromatic rings. The Morgan fingerprint density at radius 2 is 1.83 bits per heavy atom. The van der Waals surface area contributed by atoms with Crippen LogP contribution in [0.2, 0.25) is 0 Å². The Morgan fingerprint density at radius 3 is 2.33 bits per heavy atom. The fourth-order valence-electron chi connectivity index (χ4n) is 2.81. The summed E-state index contributed by atoms with van der Waals surface area (Å²) in [6, 6.07) is 0. The highest BCUT2D eigenvalue weighted by Crippen LogP contribution is 2.39. The number of unbranched alkanes of at least 4 members (excludes halogenated alkanes) is 1. The van der Waals surface area contributed by atoms with Gasteiger partial charge in [-0.25, -0.2) is 0 Å². The first-order chi connectivity index (χ1) is 8.51. The molecule has 0 aromatic carbocycles. The van der Waals surface area contributed by atoms with Gasteiger partial charge in [-0.15, -0.1) is 0 Å². The molecule has 0 radical (unpaired) electrons. The average molecular weight is 255 g/mol. The zero-order chi connectivity index (χ0) is 13.7. The summed E-state index contributed by atoms with van der Waals surface area (Å²) in [6.07, 6.45) is 4.38. The Balaban J connectivity index is 2.67. The van der Waals surface area contributed by atoms with Gasteiger partial charge in [0.05, 0.1) is 11.8 Å². The summed E-state index contributed by atoms with van der Waals surface area (Å²) in [5, 5.41) is 9.23. The van der Waals surface area contributed by atoms with Gasteiger partial charge in [-0.1, -0.05) is 26.7 Å². The smallest absolute Gasteiger partial charge is 0.307 e. The molecule has 1 aliphatic rings. The van der Waals surface area contributed by atoms with Gasteiger partial charge < -0.3 is 10.0 Å². The van der Waals surface area contributed by atoms with Crippen molar-refractivity contribution in [2.24, 2.45) is 17.8 Å². The lowest BCUT2D eigenvalue weighted by molar-refractivity contribution is -0.148. The number of hydrogen-bond donors (Lipinski definition) is 1. The van der Waals surface area contributed by atoms with Crippen LogP contribution < -0.4 is 0 Å². The lowest BCUT2D eigenvalue weighted by Crippen LogP contribution is -2.37. The van der Waals surface area contributed by atoms with Gasteiger partial charge in [0.2, 0.25) is 5.91 Å². The predicted molar refractivity (Wildman–Crippen MR) is 70.2 cm³/mol. The van der Waals surface area contributed by atoms with Gasteiger partial charge in [-0.05, 0) is 25.2 Å². The molecule has 4 heteroatoms. The van der Waals surface area contributed by atoms with E-state index in [9.17, 15) is 14.7 Å². The normalized spacial score (nSPS) is 27.2. The molecule has 0 aromatic heterocycles. The van der Waals surface area contributed by atoms with Gasteiger partial charge in [-0.2, -0.15) is 0 Å². The minimum Gasteiger partial charge on any atom is -0.481 e. The number of carbonyl (C=O) groups is 2. The van der Waals surface area contributed by atoms with E-state index in [1.165, 1.54) is 0 Å². The first-order valence-corrected chi connectivity index (χ1v) is 6.99. The summed E-state index contributed by atoms with van der Waals surface area (Å²) in [5.74, 6) is -1.19. The third-order valence-electron chi connectivity index (χ3n) is 4.10. The van der Waals surface area contributed by atoms with Crippen LogP contribution in [-0.4, -0.2) is 35.5 Å². The quantitative estimate of drug-likeness (QED) is 0.792. The fourth-order valence-corrected chi connectivity index (χ4v) is 2.81. The van der Waals surface area contributed by atoms with Crippen LogP contribution >= 0.6 is 0 Å². The van der Waals surface area contributed by atoms with Crippen molar-refractivity contribution in [1.29, 1.82) is 0 Å². The summed E-state index contributed by atoms with van der Waals surface area (Å²) >= 11 is 0. The molecular formula is C14H25NO3. The van der Waals surface area contributed by atoms with Crippen molar-refractivity contribution in [1.82, 2.24) is 4.90 Å². The number of nitrogens with zero attached hydrogens (tertiary/aromatic N) is 1. The van der Waals surface area contributed by atoms with E-state index in [1.54, 1.807) is 11.9 Å². The number of carbonyl (C=O) groups excluding carboxylic acids is 1. The topological polar surface area (TPSA) is 57.6 Å². The molecule has 1 aliphatic carbocycles. The molecule has 104 valence electrons. The average Bonchev–Trinajstić information content (AvgIpc) is 2.79. The predicted octanol–water partition coefficient (Wildman–Crippen LogP) is 2.38. The molecule has 1 N–H and O–H groups in total. The fraction of sp³-hybridized carbons (Fsp3) is 0.857. The Labute approximate surface area is 109 Å². The van der Waals surface area contributed by atoms with Gasteiger partial charge in [0.1, 0.15) is 0 Å². The second-order valence-corrected chi connectivity index (χ2v) is 5.41. The lowest BCUT2D eigenvalue weighted by Gasteiger charge is -2.23. The summed E-state index contributed by atoms with van der Waals surface area (Å²) in [4.78, 5) is 25.2. The van der Waals surface area contributed by atoms with Crippen LogP contribution in [0, 0.1) is 17.8 Å². The van der Waals surface area contributed by atoms with Crippen molar-refractivity contribution in [3.8, 4) is 0 Å². The van der Waals surface area contributed by atoms with E-state index < -0.39 is 11.9 Å². The summed E-state index contributed by atoms with van der Waals surface area (Å²) in [5.41, 5.74) is 0. The van der Waals surface area contributed by atoms with Gasteiger partial charge in [-0.3, -0.25) is 9.59 Å². The SMILES string of the molecule is CCCCN(C)C(=O)C1CC(CC)CC1C(=O)O. The Bertz CT molecular complexity index is 303. The highest BCUT2D eigenvalue weighted by Gasteiger charge is 2.42. The highest BCUT2D eigenvalue weighted by molar-refractivity contribution is 5.85. The number of rotatable bonds is 6. The van der Waals surface area contributed by atoms with Crippen LogP contribution in [0.25, 0.3) is 0 Å². The van der Waals surface area contributed by atoms with E-state index in [0.29, 0.717) is 12.3 Å². The minimum absolute atomic E-state index is 0.0202. The van der Waals surface area contributed by atoms with Crippen LogP contribution in [0.4, 0.5) is 0 Å². The maximum absolute atomic E-state index is 12.3. The zero-order valence-corrected chi connectivity index (χ0v) is 11.7. The van der Waals surface area contributed by atoms with E-state index in [-0.39, 0.29) is 11.8 Å². The third-order valence-corrected chi connectivity index (χ3v) is 4.10. The second-order valence-electron chi connectivity index (χ2n) is 5.41. The standard InChI is InChI=1S/C14H25NO3/c1-4-6-7-15(3)13(16)11-8-10(5-2)9-12(11)14(17)18/h10-12H,4-9H2,1-3H3,(H,17,18). The molecule has 18 heavy (non-hydrogen) atoms. The van der Waals surface area contributed by atoms with Crippen molar-refractivity contribution in [2.45, 2.75) is 46.0 Å². The Hall–Kier alpha value is -1.06. The van der Waals surface area contributed by atoms with Crippen molar-refractivity contribution in [2.75, 3.05) is 13.6 Å².